The number of carboxylic acid groups (broad SMARTS) is 1. The molecule has 1 aromatic heterocycles. The Hall–Kier alpha value is -0.420. The van der Waals surface area contributed by atoms with E-state index in [1.807, 2.05) is 5.38 Å². The normalized spacial score (nSPS) is 8.40. The molecule has 3 nitrogen and oxygen atoms in total. The van der Waals surface area contributed by atoms with Gasteiger partial charge in [0.2, 0.25) is 12.1 Å². The van der Waals surface area contributed by atoms with E-state index in [-0.39, 0.29) is 23.5 Å². The van der Waals surface area contributed by atoms with Crippen LogP contribution in [0.4, 0.5) is 0 Å². The third kappa shape index (κ3) is 2.93. The van der Waals surface area contributed by atoms with Crippen LogP contribution in [0.1, 0.15) is 0 Å². The van der Waals surface area contributed by atoms with Crippen LogP contribution in [-0.2, 0) is 11.3 Å². The van der Waals surface area contributed by atoms with Crippen molar-refractivity contribution in [2.45, 2.75) is 6.54 Å². The lowest BCUT2D eigenvalue weighted by Gasteiger charge is -1.81. The molecular formula is C5H6BrNO2S. The van der Waals surface area contributed by atoms with E-state index < -0.39 is 5.97 Å². The number of aromatic nitrogens is 1. The zero-order chi connectivity index (χ0) is 6.69. The molecule has 0 aromatic carbocycles. The predicted molar refractivity (Wildman–Crippen MR) is 32.1 cm³/mol. The highest BCUT2D eigenvalue weighted by molar-refractivity contribution is 7.07. The highest BCUT2D eigenvalue weighted by Crippen LogP contribution is 1.86. The molecule has 10 heavy (non-hydrogen) atoms. The molecule has 0 amide bonds. The Bertz CT molecular complexity index is 199. The minimum atomic E-state index is -0.807. The van der Waals surface area contributed by atoms with Crippen LogP contribution in [0.15, 0.2) is 17.1 Å². The number of thiazole rings is 1. The number of rotatable bonds is 2. The van der Waals surface area contributed by atoms with Crippen molar-refractivity contribution in [3.63, 3.8) is 0 Å². The van der Waals surface area contributed by atoms with Crippen LogP contribution in [0.3, 0.4) is 0 Å². The highest BCUT2D eigenvalue weighted by atomic mass is 79.9. The minimum absolute atomic E-state index is 0. The molecule has 5 heteroatoms. The quantitative estimate of drug-likeness (QED) is 0.548. The van der Waals surface area contributed by atoms with Gasteiger partial charge in [0, 0.05) is 0 Å². The first-order valence-corrected chi connectivity index (χ1v) is 3.36. The average molecular weight is 224 g/mol. The molecule has 0 saturated carbocycles. The molecule has 0 aliphatic rings. The Morgan fingerprint density at radius 3 is 2.80 bits per heavy atom. The number of hydrogen-bond acceptors (Lipinski definition) is 2. The lowest BCUT2D eigenvalue weighted by Crippen LogP contribution is -3.00. The van der Waals surface area contributed by atoms with E-state index in [0.717, 1.165) is 0 Å². The van der Waals surface area contributed by atoms with E-state index in [2.05, 4.69) is 0 Å². The predicted octanol–water partition coefficient (Wildman–Crippen LogP) is -2.88. The topological polar surface area (TPSA) is 41.2 Å². The van der Waals surface area contributed by atoms with Crippen LogP contribution in [0, 0.1) is 0 Å². The maximum absolute atomic E-state index is 10.1. The number of carbonyl (C=O) groups is 1. The summed E-state index contributed by atoms with van der Waals surface area (Å²) in [6.07, 6.45) is 1.73. The number of hydrogen-bond donors (Lipinski definition) is 1. The van der Waals surface area contributed by atoms with Gasteiger partial charge in [0.05, 0.1) is 5.38 Å². The van der Waals surface area contributed by atoms with E-state index in [4.69, 9.17) is 5.11 Å². The molecule has 0 atom stereocenters. The molecule has 1 rings (SSSR count). The van der Waals surface area contributed by atoms with Gasteiger partial charge in [-0.05, 0) is 0 Å². The zero-order valence-electron chi connectivity index (χ0n) is 5.03. The Morgan fingerprint density at radius 1 is 1.70 bits per heavy atom. The van der Waals surface area contributed by atoms with Crippen molar-refractivity contribution in [1.29, 1.82) is 0 Å². The molecule has 0 bridgehead atoms. The Balaban J connectivity index is 0.000000810. The van der Waals surface area contributed by atoms with Crippen LogP contribution >= 0.6 is 11.3 Å². The third-order valence-corrected chi connectivity index (χ3v) is 1.52. The van der Waals surface area contributed by atoms with Gasteiger partial charge in [-0.1, -0.05) is 11.3 Å². The minimum Gasteiger partial charge on any atom is -1.00 e. The van der Waals surface area contributed by atoms with Gasteiger partial charge in [-0.2, -0.15) is 4.57 Å². The van der Waals surface area contributed by atoms with Gasteiger partial charge in [0.25, 0.3) is 0 Å². The van der Waals surface area contributed by atoms with Crippen molar-refractivity contribution in [2.24, 2.45) is 0 Å². The molecule has 1 aromatic rings. The van der Waals surface area contributed by atoms with E-state index in [9.17, 15) is 4.79 Å². The Kier molecular flexibility index (Phi) is 4.22. The first-order chi connectivity index (χ1) is 4.29. The van der Waals surface area contributed by atoms with Crippen molar-refractivity contribution >= 4 is 17.3 Å². The van der Waals surface area contributed by atoms with Crippen molar-refractivity contribution in [3.8, 4) is 0 Å². The van der Waals surface area contributed by atoms with Crippen LogP contribution < -0.4 is 21.5 Å². The largest absolute Gasteiger partial charge is 1.00 e. The highest BCUT2D eigenvalue weighted by Gasteiger charge is 2.04. The van der Waals surface area contributed by atoms with Crippen molar-refractivity contribution in [1.82, 2.24) is 0 Å². The first kappa shape index (κ1) is 9.58. The van der Waals surface area contributed by atoms with Crippen LogP contribution in [0.2, 0.25) is 0 Å². The molecular weight excluding hydrogens is 218 g/mol. The summed E-state index contributed by atoms with van der Waals surface area (Å²) in [7, 11) is 0. The second kappa shape index (κ2) is 4.40. The first-order valence-electron chi connectivity index (χ1n) is 2.42. The summed E-state index contributed by atoms with van der Waals surface area (Å²) in [4.78, 5) is 10.1. The maximum atomic E-state index is 10.1. The molecule has 1 N–H and O–H groups in total. The van der Waals surface area contributed by atoms with Crippen LogP contribution in [-0.4, -0.2) is 11.1 Å². The molecule has 0 aliphatic heterocycles. The summed E-state index contributed by atoms with van der Waals surface area (Å²) in [5.41, 5.74) is 1.76. The van der Waals surface area contributed by atoms with Crippen molar-refractivity contribution in [2.75, 3.05) is 0 Å². The second-order valence-corrected chi connectivity index (χ2v) is 2.35. The lowest BCUT2D eigenvalue weighted by molar-refractivity contribution is -0.681. The molecule has 0 fully saturated rings. The van der Waals surface area contributed by atoms with E-state index in [0.29, 0.717) is 0 Å². The van der Waals surface area contributed by atoms with Gasteiger partial charge in [-0.15, -0.1) is 0 Å². The monoisotopic (exact) mass is 223 g/mol. The smallest absolute Gasteiger partial charge is 0.370 e. The number of aliphatic carboxylic acids is 1. The van der Waals surface area contributed by atoms with Crippen molar-refractivity contribution < 1.29 is 31.4 Å². The molecule has 0 aliphatic carbocycles. The maximum Gasteiger partial charge on any atom is 0.370 e. The molecule has 0 unspecified atom stereocenters. The van der Waals surface area contributed by atoms with Gasteiger partial charge in [0.15, 0.2) is 6.20 Å². The summed E-state index contributed by atoms with van der Waals surface area (Å²) >= 11 is 1.48. The lowest BCUT2D eigenvalue weighted by atomic mass is 10.6. The summed E-state index contributed by atoms with van der Waals surface area (Å²) in [6.45, 7) is 0.0590. The molecule has 0 saturated heterocycles. The van der Waals surface area contributed by atoms with E-state index in [1.54, 1.807) is 16.3 Å². The van der Waals surface area contributed by atoms with Crippen LogP contribution in [0.5, 0.6) is 0 Å². The molecule has 0 spiro atoms. The van der Waals surface area contributed by atoms with Crippen molar-refractivity contribution in [3.05, 3.63) is 17.1 Å². The van der Waals surface area contributed by atoms with Gasteiger partial charge < -0.3 is 22.1 Å². The fourth-order valence-corrected chi connectivity index (χ4v) is 1.11. The van der Waals surface area contributed by atoms with Gasteiger partial charge in [-0.3, -0.25) is 0 Å². The number of halogens is 1. The third-order valence-electron chi connectivity index (χ3n) is 0.845. The standard InChI is InChI=1S/C5H5NO2S.BrH/c7-5(8)3-6-1-2-9-4-6;/h1-2,4H,3H2;1H. The summed E-state index contributed by atoms with van der Waals surface area (Å²) in [6, 6.07) is 0. The second-order valence-electron chi connectivity index (χ2n) is 1.59. The van der Waals surface area contributed by atoms with Gasteiger partial charge >= 0.3 is 5.97 Å². The van der Waals surface area contributed by atoms with Crippen LogP contribution in [0.25, 0.3) is 0 Å². The van der Waals surface area contributed by atoms with E-state index >= 15 is 0 Å². The fourth-order valence-electron chi connectivity index (χ4n) is 0.508. The molecule has 0 radical (unpaired) electrons. The number of nitrogens with zero attached hydrogens (tertiary/aromatic N) is 1. The number of carboxylic acids is 1. The average Bonchev–Trinajstić information content (AvgIpc) is 2.15. The summed E-state index contributed by atoms with van der Waals surface area (Å²) in [5.74, 6) is -0.807. The zero-order valence-corrected chi connectivity index (χ0v) is 7.43. The van der Waals surface area contributed by atoms with Gasteiger partial charge in [0.1, 0.15) is 0 Å². The molecule has 1 heterocycles. The van der Waals surface area contributed by atoms with E-state index in [1.165, 1.54) is 11.3 Å². The SMILES string of the molecule is O=C(O)C[n+]1ccsc1.[Br-]. The summed E-state index contributed by atoms with van der Waals surface area (Å²) in [5, 5.41) is 10.1. The summed E-state index contributed by atoms with van der Waals surface area (Å²) < 4.78 is 1.62. The Morgan fingerprint density at radius 2 is 2.40 bits per heavy atom. The fraction of sp³-hybridized carbons (Fsp3) is 0.200. The van der Waals surface area contributed by atoms with Gasteiger partial charge in [-0.25, -0.2) is 4.79 Å². The Labute approximate surface area is 72.7 Å². The molecule has 56 valence electrons.